The minimum Gasteiger partial charge on any atom is -0.395 e. The van der Waals surface area contributed by atoms with Gasteiger partial charge in [0.15, 0.2) is 0 Å². The van der Waals surface area contributed by atoms with Crippen LogP contribution in [0.1, 0.15) is 48.3 Å². The van der Waals surface area contributed by atoms with E-state index in [0.29, 0.717) is 24.7 Å². The van der Waals surface area contributed by atoms with Crippen molar-refractivity contribution in [1.29, 1.82) is 0 Å². The van der Waals surface area contributed by atoms with Gasteiger partial charge in [0.2, 0.25) is 0 Å². The fraction of sp³-hybridized carbons (Fsp3) is 0.417. The Hall–Kier alpha value is -2.50. The van der Waals surface area contributed by atoms with Gasteiger partial charge in [-0.3, -0.25) is 9.78 Å². The van der Waals surface area contributed by atoms with Gasteiger partial charge in [-0.25, -0.2) is 0 Å². The molecule has 1 aliphatic heterocycles. The van der Waals surface area contributed by atoms with Crippen LogP contribution in [-0.2, 0) is 0 Å². The van der Waals surface area contributed by atoms with Crippen molar-refractivity contribution in [3.05, 3.63) is 71.6 Å². The van der Waals surface area contributed by atoms with Crippen LogP contribution in [0.2, 0.25) is 0 Å². The second-order valence-corrected chi connectivity index (χ2v) is 8.07. The maximum Gasteiger partial charge on any atom is 0.272 e. The van der Waals surface area contributed by atoms with Gasteiger partial charge in [0.05, 0.1) is 6.61 Å². The Balaban J connectivity index is 1.78. The Labute approximate surface area is 173 Å². The van der Waals surface area contributed by atoms with Crippen LogP contribution in [0.15, 0.2) is 54.7 Å². The van der Waals surface area contributed by atoms with Gasteiger partial charge in [0, 0.05) is 37.3 Å². The van der Waals surface area contributed by atoms with E-state index >= 15 is 0 Å². The van der Waals surface area contributed by atoms with Crippen molar-refractivity contribution in [2.24, 2.45) is 5.92 Å². The largest absolute Gasteiger partial charge is 0.395 e. The molecule has 0 radical (unpaired) electrons. The number of aromatic nitrogens is 1. The number of hydrogen-bond acceptors (Lipinski definition) is 4. The van der Waals surface area contributed by atoms with E-state index < -0.39 is 0 Å². The summed E-state index contributed by atoms with van der Waals surface area (Å²) in [5.41, 5.74) is 2.82. The quantitative estimate of drug-likeness (QED) is 0.722. The normalized spacial score (nSPS) is 21.3. The molecule has 2 heterocycles. The number of carbonyl (C=O) groups excluding carboxylic acids is 1. The first-order valence-electron chi connectivity index (χ1n) is 10.3. The molecule has 1 saturated heterocycles. The molecule has 0 unspecified atom stereocenters. The van der Waals surface area contributed by atoms with E-state index in [4.69, 9.17) is 0 Å². The molecule has 1 amide bonds. The number of rotatable bonds is 8. The zero-order valence-electron chi connectivity index (χ0n) is 17.5. The van der Waals surface area contributed by atoms with Gasteiger partial charge in [0.25, 0.3) is 5.91 Å². The Morgan fingerprint density at radius 3 is 2.55 bits per heavy atom. The third-order valence-corrected chi connectivity index (χ3v) is 5.35. The van der Waals surface area contributed by atoms with Crippen LogP contribution in [-0.4, -0.2) is 52.7 Å². The smallest absolute Gasteiger partial charge is 0.272 e. The highest BCUT2D eigenvalue weighted by Crippen LogP contribution is 2.33. The van der Waals surface area contributed by atoms with Crippen molar-refractivity contribution in [1.82, 2.24) is 15.2 Å². The standard InChI is InChI=1S/C24H31N3O2/c1-4-7-18-9-11-19(12-10-18)23-21(26-22(23)16-28)15-27(14-17(2)3)24(29)20-8-5-6-13-25-20/h4-13,17,21-23,26,28H,14-16H2,1-3H3/b7-4+/t21-,22-,23+/m0/s1. The lowest BCUT2D eigenvalue weighted by Gasteiger charge is -2.47. The second-order valence-electron chi connectivity index (χ2n) is 8.07. The van der Waals surface area contributed by atoms with E-state index in [1.165, 1.54) is 5.56 Å². The summed E-state index contributed by atoms with van der Waals surface area (Å²) in [6.45, 7) is 7.57. The molecule has 1 aromatic carbocycles. The zero-order valence-corrected chi connectivity index (χ0v) is 17.5. The zero-order chi connectivity index (χ0) is 20.8. The molecule has 3 rings (SSSR count). The van der Waals surface area contributed by atoms with E-state index in [2.05, 4.69) is 54.5 Å². The molecule has 1 aromatic heterocycles. The molecule has 5 nitrogen and oxygen atoms in total. The second kappa shape index (κ2) is 9.81. The third kappa shape index (κ3) is 5.11. The summed E-state index contributed by atoms with van der Waals surface area (Å²) in [7, 11) is 0. The van der Waals surface area contributed by atoms with Crippen LogP contribution >= 0.6 is 0 Å². The van der Waals surface area contributed by atoms with Gasteiger partial charge >= 0.3 is 0 Å². The van der Waals surface area contributed by atoms with Crippen LogP contribution in [0, 0.1) is 5.92 Å². The number of aliphatic hydroxyl groups excluding tert-OH is 1. The first kappa shape index (κ1) is 21.2. The average Bonchev–Trinajstić information content (AvgIpc) is 2.71. The van der Waals surface area contributed by atoms with Crippen molar-refractivity contribution in [2.45, 2.75) is 38.8 Å². The Morgan fingerprint density at radius 2 is 1.97 bits per heavy atom. The Kier molecular flexibility index (Phi) is 7.18. The number of carbonyl (C=O) groups is 1. The number of allylic oxidation sites excluding steroid dienone is 1. The number of nitrogens with one attached hydrogen (secondary N) is 1. The van der Waals surface area contributed by atoms with Crippen LogP contribution in [0.25, 0.3) is 6.08 Å². The lowest BCUT2D eigenvalue weighted by molar-refractivity contribution is 0.0599. The highest BCUT2D eigenvalue weighted by atomic mass is 16.3. The first-order chi connectivity index (χ1) is 14.0. The summed E-state index contributed by atoms with van der Waals surface area (Å²) in [4.78, 5) is 19.2. The van der Waals surface area contributed by atoms with Gasteiger partial charge in [-0.2, -0.15) is 0 Å². The van der Waals surface area contributed by atoms with Crippen molar-refractivity contribution in [3.8, 4) is 0 Å². The fourth-order valence-corrected chi connectivity index (χ4v) is 4.03. The molecule has 5 heteroatoms. The summed E-state index contributed by atoms with van der Waals surface area (Å²) in [6.07, 6.45) is 5.74. The summed E-state index contributed by atoms with van der Waals surface area (Å²) in [5, 5.41) is 13.2. The number of pyridine rings is 1. The minimum atomic E-state index is -0.0456. The highest BCUT2D eigenvalue weighted by Gasteiger charge is 2.42. The molecule has 2 aromatic rings. The maximum absolute atomic E-state index is 13.0. The highest BCUT2D eigenvalue weighted by molar-refractivity contribution is 5.92. The molecule has 154 valence electrons. The van der Waals surface area contributed by atoms with Crippen LogP contribution in [0.5, 0.6) is 0 Å². The number of benzene rings is 1. The van der Waals surface area contributed by atoms with Gasteiger partial charge < -0.3 is 15.3 Å². The van der Waals surface area contributed by atoms with E-state index in [1.54, 1.807) is 12.3 Å². The Bertz CT molecular complexity index is 818. The molecule has 0 spiro atoms. The number of amides is 1. The average molecular weight is 394 g/mol. The molecular formula is C24H31N3O2. The predicted molar refractivity (Wildman–Crippen MR) is 117 cm³/mol. The fourth-order valence-electron chi connectivity index (χ4n) is 4.03. The molecule has 29 heavy (non-hydrogen) atoms. The third-order valence-electron chi connectivity index (χ3n) is 5.35. The summed E-state index contributed by atoms with van der Waals surface area (Å²) >= 11 is 0. The molecule has 3 atom stereocenters. The number of nitrogens with zero attached hydrogens (tertiary/aromatic N) is 2. The number of hydrogen-bond donors (Lipinski definition) is 2. The summed E-state index contributed by atoms with van der Waals surface area (Å²) < 4.78 is 0. The van der Waals surface area contributed by atoms with Crippen LogP contribution in [0.3, 0.4) is 0 Å². The van der Waals surface area contributed by atoms with Crippen molar-refractivity contribution in [3.63, 3.8) is 0 Å². The molecule has 1 fully saturated rings. The van der Waals surface area contributed by atoms with Gasteiger partial charge in [-0.1, -0.05) is 56.3 Å². The van der Waals surface area contributed by atoms with Crippen molar-refractivity contribution < 1.29 is 9.90 Å². The Morgan fingerprint density at radius 1 is 1.21 bits per heavy atom. The van der Waals surface area contributed by atoms with E-state index in [1.807, 2.05) is 30.0 Å². The van der Waals surface area contributed by atoms with Gasteiger partial charge in [0.1, 0.15) is 5.69 Å². The SMILES string of the molecule is C/C=C/c1ccc([C@H]2[C@H](CO)N[C@H]2CN(CC(C)C)C(=O)c2ccccn2)cc1. The molecule has 0 bridgehead atoms. The van der Waals surface area contributed by atoms with E-state index in [9.17, 15) is 9.90 Å². The van der Waals surface area contributed by atoms with Crippen LogP contribution in [0.4, 0.5) is 0 Å². The van der Waals surface area contributed by atoms with Crippen LogP contribution < -0.4 is 5.32 Å². The molecular weight excluding hydrogens is 362 g/mol. The van der Waals surface area contributed by atoms with Crippen molar-refractivity contribution in [2.75, 3.05) is 19.7 Å². The predicted octanol–water partition coefficient (Wildman–Crippen LogP) is 3.33. The molecule has 0 saturated carbocycles. The summed E-state index contributed by atoms with van der Waals surface area (Å²) in [6, 6.07) is 14.0. The first-order valence-corrected chi connectivity index (χ1v) is 10.3. The number of aliphatic hydroxyl groups is 1. The van der Waals surface area contributed by atoms with Crippen molar-refractivity contribution >= 4 is 12.0 Å². The van der Waals surface area contributed by atoms with Gasteiger partial charge in [-0.15, -0.1) is 0 Å². The summed E-state index contributed by atoms with van der Waals surface area (Å²) in [5.74, 6) is 0.483. The minimum absolute atomic E-state index is 0.0124. The van der Waals surface area contributed by atoms with E-state index in [-0.39, 0.29) is 30.5 Å². The van der Waals surface area contributed by atoms with E-state index in [0.717, 1.165) is 5.56 Å². The maximum atomic E-state index is 13.0. The lowest BCUT2D eigenvalue weighted by Crippen LogP contribution is -2.65. The lowest BCUT2D eigenvalue weighted by atomic mass is 9.77. The molecule has 1 aliphatic rings. The molecule has 0 aliphatic carbocycles. The molecule has 2 N–H and O–H groups in total. The monoisotopic (exact) mass is 393 g/mol. The van der Waals surface area contributed by atoms with Gasteiger partial charge in [-0.05, 0) is 36.1 Å². The topological polar surface area (TPSA) is 65.5 Å².